The molecule has 3 aliphatic rings. The maximum Gasteiger partial charge on any atom is 0.410 e. The number of thioether (sulfide) groups is 1. The fourth-order valence-electron chi connectivity index (χ4n) is 4.18. The molecular weight excluding hydrogens is 362 g/mol. The van der Waals surface area contributed by atoms with E-state index < -0.39 is 5.60 Å². The molecule has 3 aliphatic heterocycles. The third kappa shape index (κ3) is 3.63. The number of ether oxygens (including phenoxy) is 1. The Labute approximate surface area is 164 Å². The highest BCUT2D eigenvalue weighted by molar-refractivity contribution is 7.98. The van der Waals surface area contributed by atoms with Gasteiger partial charge in [-0.15, -0.1) is 0 Å². The van der Waals surface area contributed by atoms with Crippen LogP contribution in [0.15, 0.2) is 10.1 Å². The maximum atomic E-state index is 12.7. The number of aromatic nitrogens is 2. The second-order valence-electron chi connectivity index (χ2n) is 8.36. The molecule has 0 saturated carbocycles. The number of rotatable bonds is 2. The van der Waals surface area contributed by atoms with Crippen molar-refractivity contribution in [1.82, 2.24) is 14.9 Å². The van der Waals surface area contributed by atoms with Gasteiger partial charge in [0.15, 0.2) is 5.16 Å². The van der Waals surface area contributed by atoms with Gasteiger partial charge in [-0.25, -0.2) is 14.8 Å². The van der Waals surface area contributed by atoms with Gasteiger partial charge in [-0.3, -0.25) is 9.89 Å². The zero-order valence-corrected chi connectivity index (χ0v) is 17.3. The summed E-state index contributed by atoms with van der Waals surface area (Å²) in [5.74, 6) is 1.02. The van der Waals surface area contributed by atoms with Gasteiger partial charge in [0.25, 0.3) is 0 Å². The van der Waals surface area contributed by atoms with E-state index in [9.17, 15) is 4.79 Å². The Kier molecular flexibility index (Phi) is 4.78. The van der Waals surface area contributed by atoms with E-state index in [0.29, 0.717) is 6.54 Å². The molecule has 146 valence electrons. The number of fused-ring (bicyclic) bond motifs is 3. The summed E-state index contributed by atoms with van der Waals surface area (Å²) in [7, 11) is 0. The first-order chi connectivity index (χ1) is 12.9. The van der Waals surface area contributed by atoms with Gasteiger partial charge in [0.1, 0.15) is 11.4 Å². The number of amides is 1. The second-order valence-corrected chi connectivity index (χ2v) is 9.14. The van der Waals surface area contributed by atoms with Gasteiger partial charge in [-0.1, -0.05) is 11.8 Å². The quantitative estimate of drug-likeness (QED) is 0.572. The molecule has 2 saturated heterocycles. The Morgan fingerprint density at radius 1 is 1.22 bits per heavy atom. The SMILES string of the molecule is CSc1nc2c(c(N3C[C@H]4CC[C@@H](C3)N4C(=O)OC(C)(C)C)n1)CC=NC2. The predicted molar refractivity (Wildman–Crippen MR) is 107 cm³/mol. The van der Waals surface area contributed by atoms with Crippen molar-refractivity contribution in [2.45, 2.75) is 69.4 Å². The standard InChI is InChI=1S/C19H27N5O2S/c1-19(2,3)26-18(25)24-12-5-6-13(24)11-23(10-12)16-14-7-8-20-9-15(14)21-17(22-16)27-4/h8,12-13H,5-7,9-11H2,1-4H3/t12-,13+. The monoisotopic (exact) mass is 389 g/mol. The smallest absolute Gasteiger partial charge is 0.410 e. The van der Waals surface area contributed by atoms with Crippen LogP contribution in [0.4, 0.5) is 10.6 Å². The summed E-state index contributed by atoms with van der Waals surface area (Å²) in [6, 6.07) is 0.360. The van der Waals surface area contributed by atoms with Gasteiger partial charge in [-0.2, -0.15) is 0 Å². The lowest BCUT2D eigenvalue weighted by molar-refractivity contribution is 0.0122. The molecule has 0 unspecified atom stereocenters. The summed E-state index contributed by atoms with van der Waals surface area (Å²) in [6.45, 7) is 7.97. The predicted octanol–water partition coefficient (Wildman–Crippen LogP) is 2.91. The molecule has 0 radical (unpaired) electrons. The summed E-state index contributed by atoms with van der Waals surface area (Å²) in [4.78, 5) is 30.9. The normalized spacial score (nSPS) is 24.1. The third-order valence-corrected chi connectivity index (χ3v) is 5.83. The Morgan fingerprint density at radius 2 is 1.93 bits per heavy atom. The molecule has 1 amide bonds. The first-order valence-corrected chi connectivity index (χ1v) is 10.8. The van der Waals surface area contributed by atoms with Crippen LogP contribution in [0.5, 0.6) is 0 Å². The zero-order chi connectivity index (χ0) is 19.2. The van der Waals surface area contributed by atoms with Crippen LogP contribution < -0.4 is 4.90 Å². The van der Waals surface area contributed by atoms with Gasteiger partial charge in [-0.05, 0) is 39.9 Å². The van der Waals surface area contributed by atoms with Gasteiger partial charge in [0.2, 0.25) is 0 Å². The van der Waals surface area contributed by atoms with Crippen LogP contribution in [0.2, 0.25) is 0 Å². The van der Waals surface area contributed by atoms with Crippen LogP contribution in [0.1, 0.15) is 44.9 Å². The second kappa shape index (κ2) is 6.96. The van der Waals surface area contributed by atoms with Crippen molar-refractivity contribution < 1.29 is 9.53 Å². The fourth-order valence-corrected chi connectivity index (χ4v) is 4.56. The minimum absolute atomic E-state index is 0.180. The van der Waals surface area contributed by atoms with Crippen molar-refractivity contribution in [3.8, 4) is 0 Å². The van der Waals surface area contributed by atoms with E-state index in [1.807, 2.05) is 38.1 Å². The zero-order valence-electron chi connectivity index (χ0n) is 16.4. The molecule has 4 heterocycles. The average molecular weight is 390 g/mol. The highest BCUT2D eigenvalue weighted by atomic mass is 32.2. The molecule has 2 atom stereocenters. The van der Waals surface area contributed by atoms with Crippen LogP contribution >= 0.6 is 11.8 Å². The highest BCUT2D eigenvalue weighted by Crippen LogP contribution is 2.36. The first kappa shape index (κ1) is 18.5. The Hall–Kier alpha value is -1.83. The molecule has 8 heteroatoms. The van der Waals surface area contributed by atoms with Crippen LogP contribution in [0, 0.1) is 0 Å². The topological polar surface area (TPSA) is 70.9 Å². The van der Waals surface area contributed by atoms with E-state index in [2.05, 4.69) is 14.9 Å². The lowest BCUT2D eigenvalue weighted by Gasteiger charge is -2.42. The number of nitrogens with zero attached hydrogens (tertiary/aromatic N) is 5. The van der Waals surface area contributed by atoms with Gasteiger partial charge in [0, 0.05) is 31.3 Å². The molecule has 2 fully saturated rings. The lowest BCUT2D eigenvalue weighted by Crippen LogP contribution is -2.57. The molecule has 27 heavy (non-hydrogen) atoms. The summed E-state index contributed by atoms with van der Waals surface area (Å²) < 4.78 is 5.65. The number of hydrogen-bond donors (Lipinski definition) is 0. The number of carbonyl (C=O) groups is 1. The van der Waals surface area contributed by atoms with E-state index in [-0.39, 0.29) is 18.2 Å². The number of piperazine rings is 1. The number of aliphatic imine (C=N–C) groups is 1. The third-order valence-electron chi connectivity index (χ3n) is 5.28. The first-order valence-electron chi connectivity index (χ1n) is 9.54. The summed E-state index contributed by atoms with van der Waals surface area (Å²) >= 11 is 1.56. The molecule has 0 spiro atoms. The van der Waals surface area contributed by atoms with Crippen molar-refractivity contribution in [1.29, 1.82) is 0 Å². The highest BCUT2D eigenvalue weighted by Gasteiger charge is 2.45. The van der Waals surface area contributed by atoms with Gasteiger partial charge < -0.3 is 9.64 Å². The maximum absolute atomic E-state index is 12.7. The molecule has 4 rings (SSSR count). The number of anilines is 1. The van der Waals surface area contributed by atoms with Crippen LogP contribution in [-0.2, 0) is 17.7 Å². The minimum atomic E-state index is -0.466. The van der Waals surface area contributed by atoms with Crippen molar-refractivity contribution in [2.75, 3.05) is 24.2 Å². The van der Waals surface area contributed by atoms with E-state index in [1.165, 1.54) is 5.56 Å². The molecule has 2 bridgehead atoms. The van der Waals surface area contributed by atoms with Crippen molar-refractivity contribution in [2.24, 2.45) is 4.99 Å². The molecule has 1 aromatic rings. The average Bonchev–Trinajstić information content (AvgIpc) is 2.89. The van der Waals surface area contributed by atoms with Crippen molar-refractivity contribution >= 4 is 29.9 Å². The van der Waals surface area contributed by atoms with Crippen LogP contribution in [-0.4, -0.2) is 64.2 Å². The Morgan fingerprint density at radius 3 is 2.56 bits per heavy atom. The largest absolute Gasteiger partial charge is 0.444 e. The number of hydrogen-bond acceptors (Lipinski definition) is 7. The number of carbonyl (C=O) groups excluding carboxylic acids is 1. The molecule has 0 N–H and O–H groups in total. The van der Waals surface area contributed by atoms with E-state index in [0.717, 1.165) is 49.0 Å². The lowest BCUT2D eigenvalue weighted by atomic mass is 10.1. The summed E-state index contributed by atoms with van der Waals surface area (Å²) in [5.41, 5.74) is 1.76. The molecular formula is C19H27N5O2S. The Bertz CT molecular complexity index is 762. The van der Waals surface area contributed by atoms with E-state index in [4.69, 9.17) is 9.72 Å². The van der Waals surface area contributed by atoms with Crippen LogP contribution in [0.3, 0.4) is 0 Å². The Balaban J connectivity index is 1.58. The van der Waals surface area contributed by atoms with Gasteiger partial charge >= 0.3 is 6.09 Å². The van der Waals surface area contributed by atoms with E-state index >= 15 is 0 Å². The van der Waals surface area contributed by atoms with Gasteiger partial charge in [0.05, 0.1) is 24.3 Å². The fraction of sp³-hybridized carbons (Fsp3) is 0.684. The molecule has 7 nitrogen and oxygen atoms in total. The minimum Gasteiger partial charge on any atom is -0.444 e. The summed E-state index contributed by atoms with van der Waals surface area (Å²) in [5, 5.41) is 0.794. The van der Waals surface area contributed by atoms with Crippen molar-refractivity contribution in [3.05, 3.63) is 11.3 Å². The molecule has 0 aromatic carbocycles. The molecule has 0 aliphatic carbocycles. The van der Waals surface area contributed by atoms with E-state index in [1.54, 1.807) is 11.8 Å². The van der Waals surface area contributed by atoms with Crippen molar-refractivity contribution in [3.63, 3.8) is 0 Å². The van der Waals surface area contributed by atoms with Crippen LogP contribution in [0.25, 0.3) is 0 Å². The molecule has 1 aromatic heterocycles. The summed E-state index contributed by atoms with van der Waals surface area (Å²) in [6.07, 6.45) is 6.59.